The third-order valence-electron chi connectivity index (χ3n) is 3.23. The van der Waals surface area contributed by atoms with Gasteiger partial charge in [-0.25, -0.2) is 0 Å². The van der Waals surface area contributed by atoms with Crippen molar-refractivity contribution in [3.05, 3.63) is 0 Å². The standard InChI is InChI=1S/C12H24N2O2/c1-14(2)11(15)6-5-9-13-10-12(16)7-3-4-8-12/h13,16H,3-10H2,1-2H3. The van der Waals surface area contributed by atoms with E-state index in [4.69, 9.17) is 0 Å². The molecular formula is C12H24N2O2. The Balaban J connectivity index is 2.01. The number of hydrogen-bond acceptors (Lipinski definition) is 3. The number of aliphatic hydroxyl groups is 1. The first-order valence-corrected chi connectivity index (χ1v) is 6.17. The summed E-state index contributed by atoms with van der Waals surface area (Å²) in [4.78, 5) is 12.9. The summed E-state index contributed by atoms with van der Waals surface area (Å²) in [7, 11) is 3.55. The van der Waals surface area contributed by atoms with Crippen LogP contribution in [0.1, 0.15) is 38.5 Å². The smallest absolute Gasteiger partial charge is 0.222 e. The SMILES string of the molecule is CN(C)C(=O)CCCNCC1(O)CCCC1. The summed E-state index contributed by atoms with van der Waals surface area (Å²) < 4.78 is 0. The highest BCUT2D eigenvalue weighted by molar-refractivity contribution is 5.75. The fraction of sp³-hybridized carbons (Fsp3) is 0.917. The first kappa shape index (κ1) is 13.5. The van der Waals surface area contributed by atoms with Crippen LogP contribution in [0.4, 0.5) is 0 Å². The van der Waals surface area contributed by atoms with E-state index in [1.807, 2.05) is 0 Å². The molecule has 1 aliphatic carbocycles. The van der Waals surface area contributed by atoms with Gasteiger partial charge in [-0.1, -0.05) is 12.8 Å². The average Bonchev–Trinajstić information content (AvgIpc) is 2.64. The van der Waals surface area contributed by atoms with E-state index in [-0.39, 0.29) is 5.91 Å². The van der Waals surface area contributed by atoms with E-state index in [1.54, 1.807) is 19.0 Å². The molecule has 1 rings (SSSR count). The summed E-state index contributed by atoms with van der Waals surface area (Å²) in [6.45, 7) is 1.48. The van der Waals surface area contributed by atoms with E-state index in [1.165, 1.54) is 0 Å². The monoisotopic (exact) mass is 228 g/mol. The molecule has 0 aromatic rings. The highest BCUT2D eigenvalue weighted by Crippen LogP contribution is 2.28. The Bertz CT molecular complexity index is 223. The van der Waals surface area contributed by atoms with Crippen LogP contribution in [0.15, 0.2) is 0 Å². The third-order valence-corrected chi connectivity index (χ3v) is 3.23. The summed E-state index contributed by atoms with van der Waals surface area (Å²) in [6, 6.07) is 0. The van der Waals surface area contributed by atoms with Crippen molar-refractivity contribution in [1.29, 1.82) is 0 Å². The number of amides is 1. The van der Waals surface area contributed by atoms with E-state index in [0.29, 0.717) is 13.0 Å². The van der Waals surface area contributed by atoms with Crippen LogP contribution in [0.3, 0.4) is 0 Å². The number of nitrogens with one attached hydrogen (secondary N) is 1. The molecule has 0 spiro atoms. The Kier molecular flexibility index (Phi) is 5.22. The van der Waals surface area contributed by atoms with Gasteiger partial charge in [-0.3, -0.25) is 4.79 Å². The third kappa shape index (κ3) is 4.49. The molecular weight excluding hydrogens is 204 g/mol. The predicted molar refractivity (Wildman–Crippen MR) is 64.2 cm³/mol. The highest BCUT2D eigenvalue weighted by Gasteiger charge is 2.30. The molecule has 0 heterocycles. The maximum absolute atomic E-state index is 11.3. The first-order valence-electron chi connectivity index (χ1n) is 6.17. The minimum absolute atomic E-state index is 0.168. The summed E-state index contributed by atoms with van der Waals surface area (Å²) in [5.41, 5.74) is -0.481. The fourth-order valence-corrected chi connectivity index (χ4v) is 2.12. The van der Waals surface area contributed by atoms with Crippen LogP contribution in [-0.4, -0.2) is 48.7 Å². The second-order valence-corrected chi connectivity index (χ2v) is 5.00. The summed E-state index contributed by atoms with van der Waals surface area (Å²) in [5.74, 6) is 0.168. The van der Waals surface area contributed by atoms with Crippen molar-refractivity contribution < 1.29 is 9.90 Å². The number of rotatable bonds is 6. The van der Waals surface area contributed by atoms with Gasteiger partial charge in [0, 0.05) is 27.1 Å². The topological polar surface area (TPSA) is 52.6 Å². The van der Waals surface area contributed by atoms with E-state index >= 15 is 0 Å². The van der Waals surface area contributed by atoms with Crippen molar-refractivity contribution in [3.8, 4) is 0 Å². The van der Waals surface area contributed by atoms with Crippen LogP contribution >= 0.6 is 0 Å². The molecule has 1 aliphatic rings. The zero-order valence-corrected chi connectivity index (χ0v) is 10.5. The van der Waals surface area contributed by atoms with Gasteiger partial charge in [-0.15, -0.1) is 0 Å². The molecule has 1 amide bonds. The molecule has 4 nitrogen and oxygen atoms in total. The van der Waals surface area contributed by atoms with Gasteiger partial charge in [-0.05, 0) is 25.8 Å². The molecule has 0 unspecified atom stereocenters. The molecule has 16 heavy (non-hydrogen) atoms. The lowest BCUT2D eigenvalue weighted by molar-refractivity contribution is -0.128. The van der Waals surface area contributed by atoms with Crippen LogP contribution in [-0.2, 0) is 4.79 Å². The second kappa shape index (κ2) is 6.21. The number of hydrogen-bond donors (Lipinski definition) is 2. The zero-order chi connectivity index (χ0) is 12.0. The van der Waals surface area contributed by atoms with Crippen LogP contribution in [0, 0.1) is 0 Å². The Morgan fingerprint density at radius 3 is 2.56 bits per heavy atom. The predicted octanol–water partition coefficient (Wildman–Crippen LogP) is 0.749. The second-order valence-electron chi connectivity index (χ2n) is 5.00. The van der Waals surface area contributed by atoms with Crippen molar-refractivity contribution in [1.82, 2.24) is 10.2 Å². The summed E-state index contributed by atoms with van der Waals surface area (Å²) >= 11 is 0. The van der Waals surface area contributed by atoms with Crippen molar-refractivity contribution in [2.75, 3.05) is 27.2 Å². The average molecular weight is 228 g/mol. The van der Waals surface area contributed by atoms with E-state index < -0.39 is 5.60 Å². The van der Waals surface area contributed by atoms with E-state index in [0.717, 1.165) is 38.6 Å². The molecule has 1 fully saturated rings. The Morgan fingerprint density at radius 1 is 1.38 bits per heavy atom. The first-order chi connectivity index (χ1) is 7.53. The molecule has 4 heteroatoms. The van der Waals surface area contributed by atoms with Gasteiger partial charge in [0.05, 0.1) is 5.60 Å². The largest absolute Gasteiger partial charge is 0.389 e. The van der Waals surface area contributed by atoms with Gasteiger partial charge in [0.15, 0.2) is 0 Å². The van der Waals surface area contributed by atoms with E-state index in [9.17, 15) is 9.90 Å². The van der Waals surface area contributed by atoms with Crippen LogP contribution in [0.5, 0.6) is 0 Å². The minimum atomic E-state index is -0.481. The fourth-order valence-electron chi connectivity index (χ4n) is 2.12. The minimum Gasteiger partial charge on any atom is -0.389 e. The van der Waals surface area contributed by atoms with Gasteiger partial charge in [0.1, 0.15) is 0 Å². The Hall–Kier alpha value is -0.610. The number of carbonyl (C=O) groups is 1. The molecule has 2 N–H and O–H groups in total. The molecule has 0 saturated heterocycles. The van der Waals surface area contributed by atoms with Gasteiger partial charge >= 0.3 is 0 Å². The maximum atomic E-state index is 11.3. The van der Waals surface area contributed by atoms with Crippen molar-refractivity contribution in [3.63, 3.8) is 0 Å². The lowest BCUT2D eigenvalue weighted by Gasteiger charge is -2.22. The maximum Gasteiger partial charge on any atom is 0.222 e. The molecule has 0 aromatic heterocycles. The lowest BCUT2D eigenvalue weighted by atomic mass is 10.0. The molecule has 0 atom stereocenters. The summed E-state index contributed by atoms with van der Waals surface area (Å²) in [5, 5.41) is 13.3. The molecule has 0 bridgehead atoms. The number of nitrogens with zero attached hydrogens (tertiary/aromatic N) is 1. The van der Waals surface area contributed by atoms with Gasteiger partial charge in [0.25, 0.3) is 0 Å². The molecule has 0 aliphatic heterocycles. The zero-order valence-electron chi connectivity index (χ0n) is 10.5. The normalized spacial score (nSPS) is 18.7. The van der Waals surface area contributed by atoms with Crippen LogP contribution in [0.2, 0.25) is 0 Å². The highest BCUT2D eigenvalue weighted by atomic mass is 16.3. The van der Waals surface area contributed by atoms with Gasteiger partial charge in [-0.2, -0.15) is 0 Å². The quantitative estimate of drug-likeness (QED) is 0.660. The molecule has 0 radical (unpaired) electrons. The summed E-state index contributed by atoms with van der Waals surface area (Å²) in [6.07, 6.45) is 5.52. The van der Waals surface area contributed by atoms with Crippen LogP contribution in [0.25, 0.3) is 0 Å². The van der Waals surface area contributed by atoms with Crippen LogP contribution < -0.4 is 5.32 Å². The number of carbonyl (C=O) groups excluding carboxylic acids is 1. The van der Waals surface area contributed by atoms with Crippen molar-refractivity contribution >= 4 is 5.91 Å². The molecule has 0 aromatic carbocycles. The Morgan fingerprint density at radius 2 is 2.00 bits per heavy atom. The molecule has 1 saturated carbocycles. The van der Waals surface area contributed by atoms with Crippen molar-refractivity contribution in [2.24, 2.45) is 0 Å². The molecule has 94 valence electrons. The van der Waals surface area contributed by atoms with E-state index in [2.05, 4.69) is 5.32 Å². The Labute approximate surface area is 98.0 Å². The lowest BCUT2D eigenvalue weighted by Crippen LogP contribution is -2.38. The van der Waals surface area contributed by atoms with Crippen molar-refractivity contribution in [2.45, 2.75) is 44.1 Å². The van der Waals surface area contributed by atoms with Gasteiger partial charge < -0.3 is 15.3 Å². The van der Waals surface area contributed by atoms with Gasteiger partial charge in [0.2, 0.25) is 5.91 Å².